The molecule has 0 saturated heterocycles. The molecule has 2 aromatic heterocycles. The molecule has 84 valence electrons. The minimum Gasteiger partial charge on any atom is -0.464 e. The zero-order chi connectivity index (χ0) is 11.5. The first-order chi connectivity index (χ1) is 7.65. The molecule has 0 bridgehead atoms. The maximum absolute atomic E-state index is 5.83. The second-order valence-electron chi connectivity index (χ2n) is 3.69. The van der Waals surface area contributed by atoms with Crippen molar-refractivity contribution >= 4 is 17.4 Å². The number of aromatic nitrogens is 1. The van der Waals surface area contributed by atoms with Gasteiger partial charge >= 0.3 is 0 Å². The SMILES string of the molecule is Cc1ccc(CN(C)c2cccc(Cl)n2)o1. The van der Waals surface area contributed by atoms with Crippen LogP contribution in [0.4, 0.5) is 5.82 Å². The van der Waals surface area contributed by atoms with E-state index in [2.05, 4.69) is 4.98 Å². The van der Waals surface area contributed by atoms with Gasteiger partial charge in [0.2, 0.25) is 0 Å². The van der Waals surface area contributed by atoms with Crippen molar-refractivity contribution in [3.05, 3.63) is 47.0 Å². The van der Waals surface area contributed by atoms with E-state index in [4.69, 9.17) is 16.0 Å². The minimum absolute atomic E-state index is 0.500. The summed E-state index contributed by atoms with van der Waals surface area (Å²) >= 11 is 5.83. The number of hydrogen-bond acceptors (Lipinski definition) is 3. The molecule has 0 radical (unpaired) electrons. The smallest absolute Gasteiger partial charge is 0.131 e. The van der Waals surface area contributed by atoms with Crippen molar-refractivity contribution in [3.63, 3.8) is 0 Å². The van der Waals surface area contributed by atoms with E-state index in [0.717, 1.165) is 17.3 Å². The molecular weight excluding hydrogens is 224 g/mol. The first-order valence-electron chi connectivity index (χ1n) is 5.04. The number of hydrogen-bond donors (Lipinski definition) is 0. The summed E-state index contributed by atoms with van der Waals surface area (Å²) in [6, 6.07) is 9.48. The van der Waals surface area contributed by atoms with Gasteiger partial charge in [0.15, 0.2) is 0 Å². The maximum atomic E-state index is 5.83. The van der Waals surface area contributed by atoms with Gasteiger partial charge in [-0.1, -0.05) is 17.7 Å². The zero-order valence-electron chi connectivity index (χ0n) is 9.27. The van der Waals surface area contributed by atoms with Gasteiger partial charge in [-0.25, -0.2) is 4.98 Å². The lowest BCUT2D eigenvalue weighted by Crippen LogP contribution is -2.17. The largest absolute Gasteiger partial charge is 0.464 e. The molecular formula is C12H13ClN2O. The molecule has 4 heteroatoms. The standard InChI is InChI=1S/C12H13ClN2O/c1-9-6-7-10(16-9)8-15(2)12-5-3-4-11(13)14-12/h3-7H,8H2,1-2H3. The molecule has 0 aliphatic heterocycles. The lowest BCUT2D eigenvalue weighted by atomic mass is 10.4. The van der Waals surface area contributed by atoms with Gasteiger partial charge in [-0.3, -0.25) is 0 Å². The van der Waals surface area contributed by atoms with Crippen LogP contribution in [0, 0.1) is 6.92 Å². The third-order valence-electron chi connectivity index (χ3n) is 2.28. The molecule has 3 nitrogen and oxygen atoms in total. The first-order valence-corrected chi connectivity index (χ1v) is 5.42. The van der Waals surface area contributed by atoms with Gasteiger partial charge in [0.25, 0.3) is 0 Å². The van der Waals surface area contributed by atoms with E-state index >= 15 is 0 Å². The fourth-order valence-electron chi connectivity index (χ4n) is 1.50. The topological polar surface area (TPSA) is 29.3 Å². The lowest BCUT2D eigenvalue weighted by Gasteiger charge is -2.16. The predicted molar refractivity (Wildman–Crippen MR) is 64.8 cm³/mol. The van der Waals surface area contributed by atoms with Crippen LogP contribution in [-0.2, 0) is 6.54 Å². The first kappa shape index (κ1) is 11.0. The average Bonchev–Trinajstić information content (AvgIpc) is 2.64. The number of rotatable bonds is 3. The predicted octanol–water partition coefficient (Wildman–Crippen LogP) is 3.27. The number of anilines is 1. The minimum atomic E-state index is 0.500. The second kappa shape index (κ2) is 4.58. The molecule has 0 aliphatic carbocycles. The third kappa shape index (κ3) is 2.55. The van der Waals surface area contributed by atoms with E-state index < -0.39 is 0 Å². The second-order valence-corrected chi connectivity index (χ2v) is 4.07. The number of nitrogens with zero attached hydrogens (tertiary/aromatic N) is 2. The summed E-state index contributed by atoms with van der Waals surface area (Å²) in [6.45, 7) is 2.61. The Hall–Kier alpha value is -1.48. The normalized spacial score (nSPS) is 10.4. The Kier molecular flexibility index (Phi) is 3.15. The van der Waals surface area contributed by atoms with Gasteiger partial charge in [-0.15, -0.1) is 0 Å². The summed E-state index contributed by atoms with van der Waals surface area (Å²) in [5.74, 6) is 2.67. The van der Waals surface area contributed by atoms with E-state index in [0.29, 0.717) is 11.7 Å². The monoisotopic (exact) mass is 236 g/mol. The van der Waals surface area contributed by atoms with Crippen LogP contribution in [0.2, 0.25) is 5.15 Å². The van der Waals surface area contributed by atoms with Crippen LogP contribution in [0.15, 0.2) is 34.7 Å². The van der Waals surface area contributed by atoms with Crippen LogP contribution >= 0.6 is 11.6 Å². The van der Waals surface area contributed by atoms with E-state index in [1.807, 2.05) is 43.1 Å². The lowest BCUT2D eigenvalue weighted by molar-refractivity contribution is 0.481. The van der Waals surface area contributed by atoms with Gasteiger partial charge in [0, 0.05) is 7.05 Å². The summed E-state index contributed by atoms with van der Waals surface area (Å²) in [7, 11) is 1.95. The number of halogens is 1. The van der Waals surface area contributed by atoms with Crippen molar-refractivity contribution in [1.82, 2.24) is 4.98 Å². The zero-order valence-corrected chi connectivity index (χ0v) is 10.0. The molecule has 0 aromatic carbocycles. The Morgan fingerprint density at radius 1 is 1.31 bits per heavy atom. The molecule has 0 fully saturated rings. The van der Waals surface area contributed by atoms with Crippen molar-refractivity contribution in [3.8, 4) is 0 Å². The van der Waals surface area contributed by atoms with Crippen LogP contribution in [0.25, 0.3) is 0 Å². The molecule has 0 amide bonds. The van der Waals surface area contributed by atoms with Crippen LogP contribution in [0.3, 0.4) is 0 Å². The number of furan rings is 1. The summed E-state index contributed by atoms with van der Waals surface area (Å²) in [6.07, 6.45) is 0. The van der Waals surface area contributed by atoms with E-state index in [1.54, 1.807) is 6.07 Å². The van der Waals surface area contributed by atoms with Gasteiger partial charge in [0.05, 0.1) is 6.54 Å². The van der Waals surface area contributed by atoms with Crippen LogP contribution in [0.1, 0.15) is 11.5 Å². The van der Waals surface area contributed by atoms with Crippen LogP contribution in [0.5, 0.6) is 0 Å². The van der Waals surface area contributed by atoms with Gasteiger partial charge in [0.1, 0.15) is 22.5 Å². The molecule has 2 heterocycles. The maximum Gasteiger partial charge on any atom is 0.131 e. The fraction of sp³-hybridized carbons (Fsp3) is 0.250. The molecule has 2 aromatic rings. The van der Waals surface area contributed by atoms with E-state index in [-0.39, 0.29) is 0 Å². The van der Waals surface area contributed by atoms with Crippen LogP contribution in [-0.4, -0.2) is 12.0 Å². The molecule has 0 N–H and O–H groups in total. The molecule has 0 saturated carbocycles. The third-order valence-corrected chi connectivity index (χ3v) is 2.49. The fourth-order valence-corrected chi connectivity index (χ4v) is 1.65. The van der Waals surface area contributed by atoms with Crippen molar-refractivity contribution in [2.75, 3.05) is 11.9 Å². The molecule has 0 unspecified atom stereocenters. The highest BCUT2D eigenvalue weighted by Crippen LogP contribution is 2.16. The number of pyridine rings is 1. The molecule has 0 atom stereocenters. The summed E-state index contributed by atoms with van der Waals surface area (Å²) in [5.41, 5.74) is 0. The Morgan fingerprint density at radius 3 is 2.75 bits per heavy atom. The summed E-state index contributed by atoms with van der Waals surface area (Å²) < 4.78 is 5.50. The molecule has 0 aliphatic rings. The number of aryl methyl sites for hydroxylation is 1. The van der Waals surface area contributed by atoms with Crippen molar-refractivity contribution < 1.29 is 4.42 Å². The van der Waals surface area contributed by atoms with Gasteiger partial charge in [-0.2, -0.15) is 0 Å². The van der Waals surface area contributed by atoms with Crippen molar-refractivity contribution in [2.45, 2.75) is 13.5 Å². The van der Waals surface area contributed by atoms with Crippen molar-refractivity contribution in [1.29, 1.82) is 0 Å². The average molecular weight is 237 g/mol. The van der Waals surface area contributed by atoms with Crippen molar-refractivity contribution in [2.24, 2.45) is 0 Å². The highest BCUT2D eigenvalue weighted by atomic mass is 35.5. The van der Waals surface area contributed by atoms with Crippen LogP contribution < -0.4 is 4.90 Å². The molecule has 2 rings (SSSR count). The molecule has 16 heavy (non-hydrogen) atoms. The summed E-state index contributed by atoms with van der Waals surface area (Å²) in [5, 5.41) is 0.500. The van der Waals surface area contributed by atoms with Gasteiger partial charge in [-0.05, 0) is 31.2 Å². The summed E-state index contributed by atoms with van der Waals surface area (Å²) in [4.78, 5) is 6.22. The Bertz CT molecular complexity index is 481. The highest BCUT2D eigenvalue weighted by molar-refractivity contribution is 6.29. The Labute approximate surface area is 99.7 Å². The molecule has 0 spiro atoms. The van der Waals surface area contributed by atoms with Gasteiger partial charge < -0.3 is 9.32 Å². The van der Waals surface area contributed by atoms with E-state index in [9.17, 15) is 0 Å². The Morgan fingerprint density at radius 2 is 2.12 bits per heavy atom. The van der Waals surface area contributed by atoms with E-state index in [1.165, 1.54) is 0 Å². The quantitative estimate of drug-likeness (QED) is 0.766. The highest BCUT2D eigenvalue weighted by Gasteiger charge is 2.06. The Balaban J connectivity index is 2.11.